The zero-order chi connectivity index (χ0) is 30.1. The minimum atomic E-state index is -1.01. The van der Waals surface area contributed by atoms with Gasteiger partial charge in [0, 0.05) is 22.0 Å². The van der Waals surface area contributed by atoms with Crippen LogP contribution in [0.5, 0.6) is 0 Å². The van der Waals surface area contributed by atoms with Crippen LogP contribution in [0.2, 0.25) is 5.02 Å². The number of rotatable bonds is 7. The first-order chi connectivity index (χ1) is 20.8. The molecule has 1 atom stereocenters. The number of amides is 1. The number of benzene rings is 4. The largest absolute Gasteiger partial charge is 0.478 e. The smallest absolute Gasteiger partial charge is 0.335 e. The van der Waals surface area contributed by atoms with Crippen molar-refractivity contribution in [2.45, 2.75) is 19.5 Å². The van der Waals surface area contributed by atoms with E-state index in [1.165, 1.54) is 12.1 Å². The second-order valence-corrected chi connectivity index (χ2v) is 10.8. The number of fused-ring (bicyclic) bond motifs is 2. The molecule has 0 unspecified atom stereocenters. The molecule has 0 saturated heterocycles. The summed E-state index contributed by atoms with van der Waals surface area (Å²) in [4.78, 5) is 30.0. The van der Waals surface area contributed by atoms with Gasteiger partial charge in [0.05, 0.1) is 52.1 Å². The van der Waals surface area contributed by atoms with E-state index in [1.54, 1.807) is 24.3 Å². The number of carbonyl (C=O) groups excluding carboxylic acids is 1. The molecular formula is C35H25ClN4O3. The second-order valence-electron chi connectivity index (χ2n) is 10.4. The lowest BCUT2D eigenvalue weighted by Crippen LogP contribution is -2.27. The second kappa shape index (κ2) is 11.4. The first kappa shape index (κ1) is 27.7. The summed E-state index contributed by atoms with van der Waals surface area (Å²) >= 11 is 6.21. The Balaban J connectivity index is 1.41. The fourth-order valence-electron chi connectivity index (χ4n) is 5.26. The number of aromatic nitrogens is 2. The van der Waals surface area contributed by atoms with Gasteiger partial charge >= 0.3 is 5.97 Å². The summed E-state index contributed by atoms with van der Waals surface area (Å²) in [6.07, 6.45) is 1.94. The fourth-order valence-corrected chi connectivity index (χ4v) is 5.42. The summed E-state index contributed by atoms with van der Waals surface area (Å²) in [6.45, 7) is 2.29. The average molecular weight is 585 g/mol. The van der Waals surface area contributed by atoms with Crippen molar-refractivity contribution in [2.75, 3.05) is 0 Å². The number of halogens is 1. The van der Waals surface area contributed by atoms with Crippen molar-refractivity contribution >= 4 is 45.3 Å². The highest BCUT2D eigenvalue weighted by Gasteiger charge is 2.19. The highest BCUT2D eigenvalue weighted by atomic mass is 35.5. The Morgan fingerprint density at radius 1 is 0.953 bits per heavy atom. The van der Waals surface area contributed by atoms with Crippen LogP contribution in [-0.4, -0.2) is 26.5 Å². The lowest BCUT2D eigenvalue weighted by Gasteiger charge is -2.17. The van der Waals surface area contributed by atoms with E-state index in [-0.39, 0.29) is 17.5 Å². The van der Waals surface area contributed by atoms with Crippen LogP contribution in [0.4, 0.5) is 0 Å². The first-order valence-electron chi connectivity index (χ1n) is 13.6. The van der Waals surface area contributed by atoms with E-state index in [2.05, 4.69) is 11.4 Å². The molecule has 0 spiro atoms. The normalized spacial score (nSPS) is 11.7. The van der Waals surface area contributed by atoms with Crippen LogP contribution in [0.15, 0.2) is 103 Å². The summed E-state index contributed by atoms with van der Waals surface area (Å²) in [5.74, 6) is -1.29. The van der Waals surface area contributed by atoms with Crippen molar-refractivity contribution in [1.29, 1.82) is 5.26 Å². The third-order valence-corrected chi connectivity index (χ3v) is 7.71. The summed E-state index contributed by atoms with van der Waals surface area (Å²) in [6, 6.07) is 30.9. The van der Waals surface area contributed by atoms with E-state index in [0.29, 0.717) is 22.7 Å². The van der Waals surface area contributed by atoms with Gasteiger partial charge < -0.3 is 15.0 Å². The van der Waals surface area contributed by atoms with E-state index in [1.807, 2.05) is 78.4 Å². The first-order valence-corrected chi connectivity index (χ1v) is 14.0. The number of hydrogen-bond donors (Lipinski definition) is 2. The topological polar surface area (TPSA) is 108 Å². The molecule has 4 aromatic carbocycles. The Labute approximate surface area is 252 Å². The molecule has 0 saturated carbocycles. The number of nitriles is 1. The van der Waals surface area contributed by atoms with Crippen LogP contribution in [-0.2, 0) is 6.54 Å². The molecule has 7 nitrogen and oxygen atoms in total. The number of carboxylic acid groups (broad SMARTS) is 1. The molecule has 0 fully saturated rings. The van der Waals surface area contributed by atoms with Crippen LogP contribution in [0, 0.1) is 11.3 Å². The average Bonchev–Trinajstić information content (AvgIpc) is 3.42. The van der Waals surface area contributed by atoms with Crippen LogP contribution >= 0.6 is 11.6 Å². The molecule has 2 heterocycles. The van der Waals surface area contributed by atoms with Gasteiger partial charge in [-0.05, 0) is 84.3 Å². The Bertz CT molecular complexity index is 2080. The van der Waals surface area contributed by atoms with Crippen molar-refractivity contribution < 1.29 is 14.7 Å². The van der Waals surface area contributed by atoms with Crippen molar-refractivity contribution in [1.82, 2.24) is 14.9 Å². The highest BCUT2D eigenvalue weighted by Crippen LogP contribution is 2.31. The van der Waals surface area contributed by atoms with Gasteiger partial charge in [-0.15, -0.1) is 0 Å². The Kier molecular flexibility index (Phi) is 7.37. The molecule has 2 aromatic heterocycles. The number of nitrogens with one attached hydrogen (secondary N) is 1. The minimum absolute atomic E-state index is 0.179. The summed E-state index contributed by atoms with van der Waals surface area (Å²) in [7, 11) is 0. The molecule has 8 heteroatoms. The predicted molar refractivity (Wildman–Crippen MR) is 167 cm³/mol. The van der Waals surface area contributed by atoms with Crippen LogP contribution in [0.1, 0.15) is 50.5 Å². The third-order valence-electron chi connectivity index (χ3n) is 7.48. The molecule has 2 N–H and O–H groups in total. The number of aromatic carboxylic acids is 1. The van der Waals surface area contributed by atoms with Crippen molar-refractivity contribution in [3.05, 3.63) is 136 Å². The maximum absolute atomic E-state index is 13.9. The number of hydrogen-bond acceptors (Lipinski definition) is 4. The monoisotopic (exact) mass is 584 g/mol. The number of carboxylic acids is 1. The fraction of sp³-hybridized carbons (Fsp3) is 0.0857. The number of nitrogens with zero attached hydrogens (tertiary/aromatic N) is 3. The maximum Gasteiger partial charge on any atom is 0.335 e. The van der Waals surface area contributed by atoms with E-state index in [9.17, 15) is 20.0 Å². The predicted octanol–water partition coefficient (Wildman–Crippen LogP) is 7.62. The molecule has 6 rings (SSSR count). The molecule has 0 aliphatic rings. The van der Waals surface area contributed by atoms with E-state index < -0.39 is 5.97 Å². The SMILES string of the molecule is C[C@H](NC(=O)c1cc(-c2cccc(C#N)c2)cc2ccn(Cc3ccc4ccc(Cl)cc4n3)c12)c1ccc(C(=O)O)cc1. The number of carbonyl (C=O) groups is 2. The quantitative estimate of drug-likeness (QED) is 0.201. The number of pyridine rings is 1. The van der Waals surface area contributed by atoms with Gasteiger partial charge in [-0.25, -0.2) is 4.79 Å². The molecule has 0 bridgehead atoms. The van der Waals surface area contributed by atoms with E-state index in [4.69, 9.17) is 16.6 Å². The van der Waals surface area contributed by atoms with Crippen molar-refractivity contribution in [3.63, 3.8) is 0 Å². The minimum Gasteiger partial charge on any atom is -0.478 e. The Morgan fingerprint density at radius 3 is 2.51 bits per heavy atom. The zero-order valence-electron chi connectivity index (χ0n) is 23.1. The summed E-state index contributed by atoms with van der Waals surface area (Å²) in [5, 5.41) is 24.2. The molecule has 6 aromatic rings. The molecular weight excluding hydrogens is 560 g/mol. The lowest BCUT2D eigenvalue weighted by atomic mass is 9.98. The van der Waals surface area contributed by atoms with Gasteiger partial charge in [-0.1, -0.05) is 48.0 Å². The molecule has 43 heavy (non-hydrogen) atoms. The lowest BCUT2D eigenvalue weighted by molar-refractivity contribution is 0.0696. The van der Waals surface area contributed by atoms with Gasteiger partial charge in [0.15, 0.2) is 0 Å². The zero-order valence-corrected chi connectivity index (χ0v) is 23.8. The molecule has 210 valence electrons. The Hall–Kier alpha value is -5.45. The van der Waals surface area contributed by atoms with Gasteiger partial charge in [0.25, 0.3) is 5.91 Å². The van der Waals surface area contributed by atoms with Gasteiger partial charge in [-0.3, -0.25) is 9.78 Å². The maximum atomic E-state index is 13.9. The standard InChI is InChI=1S/C35H25ClN4O3/c1-21(23-5-7-25(8-6-23)35(42)43)38-34(41)31-17-28(26-4-2-3-22(15-26)19-37)16-27-13-14-40(33(27)31)20-30-12-10-24-9-11-29(36)18-32(24)39-30/h2-18,21H,20H2,1H3,(H,38,41)(H,42,43)/t21-/m0/s1. The molecule has 0 aliphatic heterocycles. The van der Waals surface area contributed by atoms with Crippen LogP contribution in [0.3, 0.4) is 0 Å². The molecule has 0 aliphatic carbocycles. The van der Waals surface area contributed by atoms with Gasteiger partial charge in [0.1, 0.15) is 0 Å². The van der Waals surface area contributed by atoms with E-state index in [0.717, 1.165) is 44.2 Å². The summed E-state index contributed by atoms with van der Waals surface area (Å²) < 4.78 is 2.00. The molecule has 1 amide bonds. The molecule has 0 radical (unpaired) electrons. The Morgan fingerprint density at radius 2 is 1.74 bits per heavy atom. The van der Waals surface area contributed by atoms with Gasteiger partial charge in [-0.2, -0.15) is 5.26 Å². The third kappa shape index (κ3) is 5.69. The summed E-state index contributed by atoms with van der Waals surface area (Å²) in [5.41, 5.74) is 5.95. The van der Waals surface area contributed by atoms with Crippen molar-refractivity contribution in [3.8, 4) is 17.2 Å². The van der Waals surface area contributed by atoms with Crippen LogP contribution < -0.4 is 5.32 Å². The van der Waals surface area contributed by atoms with Gasteiger partial charge in [0.2, 0.25) is 0 Å². The van der Waals surface area contributed by atoms with E-state index >= 15 is 0 Å². The van der Waals surface area contributed by atoms with Crippen LogP contribution in [0.25, 0.3) is 32.9 Å². The van der Waals surface area contributed by atoms with Crippen molar-refractivity contribution in [2.24, 2.45) is 0 Å². The highest BCUT2D eigenvalue weighted by molar-refractivity contribution is 6.31.